The Balaban J connectivity index is 1.99. The Hall–Kier alpha value is -1.06. The van der Waals surface area contributed by atoms with Crippen molar-refractivity contribution in [3.05, 3.63) is 0 Å². The summed E-state index contributed by atoms with van der Waals surface area (Å²) in [5.74, 6) is -0.459. The normalized spacial score (nSPS) is 49.9. The summed E-state index contributed by atoms with van der Waals surface area (Å²) in [7, 11) is 0. The number of cyclic esters (lactones) is 1. The highest BCUT2D eigenvalue weighted by Gasteiger charge is 2.60. The molecule has 0 radical (unpaired) electrons. The molecule has 0 N–H and O–H groups in total. The summed E-state index contributed by atoms with van der Waals surface area (Å²) in [6, 6.07) is 0. The van der Waals surface area contributed by atoms with Crippen LogP contribution >= 0.6 is 0 Å². The van der Waals surface area contributed by atoms with Crippen LogP contribution in [0.3, 0.4) is 0 Å². The van der Waals surface area contributed by atoms with Crippen LogP contribution in [-0.4, -0.2) is 24.6 Å². The Bertz CT molecular complexity index is 303. The van der Waals surface area contributed by atoms with Crippen LogP contribution < -0.4 is 0 Å². The van der Waals surface area contributed by atoms with E-state index in [4.69, 9.17) is 9.47 Å². The van der Waals surface area contributed by atoms with Gasteiger partial charge in [0.25, 0.3) is 0 Å². The monoisotopic (exact) mass is 196 g/mol. The van der Waals surface area contributed by atoms with Crippen LogP contribution in [0, 0.1) is 23.7 Å². The van der Waals surface area contributed by atoms with Gasteiger partial charge in [0.1, 0.15) is 6.10 Å². The van der Waals surface area contributed by atoms with Crippen LogP contribution in [0.25, 0.3) is 0 Å². The molecule has 1 saturated carbocycles. The lowest BCUT2D eigenvalue weighted by molar-refractivity contribution is -0.164. The lowest BCUT2D eigenvalue weighted by atomic mass is 9.81. The van der Waals surface area contributed by atoms with E-state index in [1.165, 1.54) is 0 Å². The highest BCUT2D eigenvalue weighted by atomic mass is 16.6. The number of hydrogen-bond donors (Lipinski definition) is 0. The highest BCUT2D eigenvalue weighted by Crippen LogP contribution is 2.49. The topological polar surface area (TPSA) is 52.6 Å². The summed E-state index contributed by atoms with van der Waals surface area (Å²) in [5, 5.41) is 0. The maximum absolute atomic E-state index is 11.4. The van der Waals surface area contributed by atoms with E-state index >= 15 is 0 Å². The second-order valence-corrected chi connectivity index (χ2v) is 4.54. The standard InChI is InChI=1S/C10H12O4/c1-4-2-6-7-5(4)3-13-9(11)8(7)10(12)14-6/h4-8H,2-3H2,1H3/t4-,5-,6-,7+,8+/m0/s1. The zero-order valence-electron chi connectivity index (χ0n) is 7.93. The number of ether oxygens (including phenoxy) is 2. The van der Waals surface area contributed by atoms with Crippen molar-refractivity contribution in [3.63, 3.8) is 0 Å². The van der Waals surface area contributed by atoms with E-state index in [1.54, 1.807) is 0 Å². The third-order valence-electron chi connectivity index (χ3n) is 3.84. The van der Waals surface area contributed by atoms with E-state index in [1.807, 2.05) is 0 Å². The van der Waals surface area contributed by atoms with Crippen molar-refractivity contribution in [1.82, 2.24) is 0 Å². The quantitative estimate of drug-likeness (QED) is 0.414. The fourth-order valence-electron chi connectivity index (χ4n) is 3.12. The molecule has 2 heterocycles. The van der Waals surface area contributed by atoms with Crippen LogP contribution in [0.5, 0.6) is 0 Å². The Kier molecular flexibility index (Phi) is 1.47. The molecule has 3 aliphatic rings. The lowest BCUT2D eigenvalue weighted by Gasteiger charge is -2.28. The van der Waals surface area contributed by atoms with Crippen molar-refractivity contribution < 1.29 is 19.1 Å². The first-order chi connectivity index (χ1) is 6.68. The van der Waals surface area contributed by atoms with Crippen molar-refractivity contribution in [1.29, 1.82) is 0 Å². The fourth-order valence-corrected chi connectivity index (χ4v) is 3.12. The number of rotatable bonds is 0. The third-order valence-corrected chi connectivity index (χ3v) is 3.84. The molecular formula is C10H12O4. The van der Waals surface area contributed by atoms with Crippen LogP contribution in [-0.2, 0) is 19.1 Å². The van der Waals surface area contributed by atoms with Gasteiger partial charge in [-0.15, -0.1) is 0 Å². The Morgan fingerprint density at radius 2 is 2.07 bits per heavy atom. The van der Waals surface area contributed by atoms with Crippen LogP contribution in [0.4, 0.5) is 0 Å². The molecule has 14 heavy (non-hydrogen) atoms. The molecule has 0 unspecified atom stereocenters. The van der Waals surface area contributed by atoms with Gasteiger partial charge in [-0.3, -0.25) is 9.59 Å². The molecule has 3 rings (SSSR count). The molecule has 0 aromatic rings. The van der Waals surface area contributed by atoms with Gasteiger partial charge in [-0.05, 0) is 12.3 Å². The first kappa shape index (κ1) is 8.26. The van der Waals surface area contributed by atoms with Crippen LogP contribution in [0.2, 0.25) is 0 Å². The van der Waals surface area contributed by atoms with E-state index in [0.717, 1.165) is 6.42 Å². The molecule has 0 aromatic heterocycles. The number of carbonyl (C=O) groups is 2. The fraction of sp³-hybridized carbons (Fsp3) is 0.800. The zero-order valence-corrected chi connectivity index (χ0v) is 7.93. The van der Waals surface area contributed by atoms with E-state index in [9.17, 15) is 9.59 Å². The Morgan fingerprint density at radius 1 is 1.29 bits per heavy atom. The van der Waals surface area contributed by atoms with Gasteiger partial charge in [-0.25, -0.2) is 0 Å². The average Bonchev–Trinajstić information content (AvgIpc) is 2.58. The zero-order chi connectivity index (χ0) is 9.87. The molecule has 2 saturated heterocycles. The van der Waals surface area contributed by atoms with Crippen molar-refractivity contribution in [2.24, 2.45) is 23.7 Å². The minimum absolute atomic E-state index is 0.0275. The summed E-state index contributed by atoms with van der Waals surface area (Å²) in [5.41, 5.74) is 0. The molecule has 0 aromatic carbocycles. The van der Waals surface area contributed by atoms with Gasteiger partial charge in [0.15, 0.2) is 5.92 Å². The predicted molar refractivity (Wildman–Crippen MR) is 45.1 cm³/mol. The average molecular weight is 196 g/mol. The molecule has 0 spiro atoms. The maximum atomic E-state index is 11.4. The molecule has 0 bridgehead atoms. The van der Waals surface area contributed by atoms with Gasteiger partial charge in [-0.1, -0.05) is 6.92 Å². The third kappa shape index (κ3) is 0.837. The van der Waals surface area contributed by atoms with Gasteiger partial charge >= 0.3 is 11.9 Å². The maximum Gasteiger partial charge on any atom is 0.321 e. The summed E-state index contributed by atoms with van der Waals surface area (Å²) < 4.78 is 10.2. The second-order valence-electron chi connectivity index (χ2n) is 4.54. The molecule has 2 aliphatic heterocycles. The van der Waals surface area contributed by atoms with Crippen molar-refractivity contribution in [3.8, 4) is 0 Å². The molecular weight excluding hydrogens is 184 g/mol. The van der Waals surface area contributed by atoms with Crippen LogP contribution in [0.15, 0.2) is 0 Å². The highest BCUT2D eigenvalue weighted by molar-refractivity contribution is 5.97. The molecule has 4 nitrogen and oxygen atoms in total. The lowest BCUT2D eigenvalue weighted by Crippen LogP contribution is -2.40. The summed E-state index contributed by atoms with van der Waals surface area (Å²) in [6.07, 6.45) is 0.856. The van der Waals surface area contributed by atoms with Crippen molar-refractivity contribution >= 4 is 11.9 Å². The summed E-state index contributed by atoms with van der Waals surface area (Å²) in [4.78, 5) is 22.8. The number of esters is 2. The van der Waals surface area contributed by atoms with Gasteiger partial charge in [0.05, 0.1) is 6.61 Å². The number of carbonyl (C=O) groups excluding carboxylic acids is 2. The minimum atomic E-state index is -0.622. The van der Waals surface area contributed by atoms with Gasteiger partial charge in [-0.2, -0.15) is 0 Å². The Morgan fingerprint density at radius 3 is 2.86 bits per heavy atom. The van der Waals surface area contributed by atoms with Gasteiger partial charge in [0, 0.05) is 11.8 Å². The SMILES string of the molecule is C[C@H]1C[C@@H]2OC(=O)[C@H]3C(=O)OC[C@@H]1[C@@H]32. The molecule has 1 aliphatic carbocycles. The summed E-state index contributed by atoms with van der Waals surface area (Å²) >= 11 is 0. The molecule has 3 fully saturated rings. The first-order valence-corrected chi connectivity index (χ1v) is 5.05. The molecule has 76 valence electrons. The van der Waals surface area contributed by atoms with Gasteiger partial charge < -0.3 is 9.47 Å². The van der Waals surface area contributed by atoms with Crippen molar-refractivity contribution in [2.45, 2.75) is 19.4 Å². The largest absolute Gasteiger partial charge is 0.465 e. The van der Waals surface area contributed by atoms with E-state index in [-0.39, 0.29) is 24.0 Å². The molecule has 4 heteroatoms. The molecule has 5 atom stereocenters. The Labute approximate surface area is 81.6 Å². The first-order valence-electron chi connectivity index (χ1n) is 5.05. The second kappa shape index (κ2) is 2.49. The van der Waals surface area contributed by atoms with Gasteiger partial charge in [0.2, 0.25) is 0 Å². The number of hydrogen-bond acceptors (Lipinski definition) is 4. The smallest absolute Gasteiger partial charge is 0.321 e. The van der Waals surface area contributed by atoms with E-state index < -0.39 is 5.92 Å². The predicted octanol–water partition coefficient (Wildman–Crippen LogP) is 0.357. The van der Waals surface area contributed by atoms with Crippen LogP contribution in [0.1, 0.15) is 13.3 Å². The van der Waals surface area contributed by atoms with E-state index in [0.29, 0.717) is 18.4 Å². The minimum Gasteiger partial charge on any atom is -0.465 e. The summed E-state index contributed by atoms with van der Waals surface area (Å²) in [6.45, 7) is 2.60. The van der Waals surface area contributed by atoms with Crippen molar-refractivity contribution in [2.75, 3.05) is 6.61 Å². The van der Waals surface area contributed by atoms with E-state index in [2.05, 4.69) is 6.92 Å². The molecule has 0 amide bonds.